The third-order valence-electron chi connectivity index (χ3n) is 5.36. The lowest BCUT2D eigenvalue weighted by Crippen LogP contribution is -1.97. The van der Waals surface area contributed by atoms with Crippen molar-refractivity contribution in [2.45, 2.75) is 20.3 Å². The Balaban J connectivity index is 0.00000120. The van der Waals surface area contributed by atoms with Gasteiger partial charge in [-0.3, -0.25) is 0 Å². The van der Waals surface area contributed by atoms with Crippen molar-refractivity contribution in [3.63, 3.8) is 0 Å². The van der Waals surface area contributed by atoms with Crippen LogP contribution < -0.4 is 5.32 Å². The third-order valence-corrected chi connectivity index (χ3v) is 5.85. The first-order valence-corrected chi connectivity index (χ1v) is 9.78. The summed E-state index contributed by atoms with van der Waals surface area (Å²) in [7, 11) is 0. The largest absolute Gasteiger partial charge is 0.412 e. The predicted octanol–water partition coefficient (Wildman–Crippen LogP) is 4.67. The van der Waals surface area contributed by atoms with E-state index in [1.165, 1.54) is 33.4 Å². The summed E-state index contributed by atoms with van der Waals surface area (Å²) in [6, 6.07) is 17.4. The van der Waals surface area contributed by atoms with Gasteiger partial charge in [-0.05, 0) is 90.0 Å². The van der Waals surface area contributed by atoms with Crippen LogP contribution in [0, 0.1) is 13.8 Å². The first-order valence-electron chi connectivity index (χ1n) is 8.99. The molecule has 5 nitrogen and oxygen atoms in total. The molecule has 0 aliphatic heterocycles. The van der Waals surface area contributed by atoms with E-state index >= 15 is 0 Å². The van der Waals surface area contributed by atoms with E-state index in [1.54, 1.807) is 6.33 Å². The number of fused-ring (bicyclic) bond motifs is 4. The summed E-state index contributed by atoms with van der Waals surface area (Å²) in [6.45, 7) is 4.23. The van der Waals surface area contributed by atoms with Crippen molar-refractivity contribution in [2.75, 3.05) is 5.32 Å². The lowest BCUT2D eigenvalue weighted by atomic mass is 10.1. The topological polar surface area (TPSA) is 101 Å². The monoisotopic (exact) mass is 451 g/mol. The molecule has 0 unspecified atom stereocenters. The van der Waals surface area contributed by atoms with E-state index in [4.69, 9.17) is 0 Å². The van der Waals surface area contributed by atoms with Crippen LogP contribution in [0.5, 0.6) is 0 Å². The Morgan fingerprint density at radius 2 is 1.52 bits per heavy atom. The number of halogens is 1. The Bertz CT molecular complexity index is 1220. The van der Waals surface area contributed by atoms with Gasteiger partial charge in [-0.1, -0.05) is 28.1 Å². The van der Waals surface area contributed by atoms with Gasteiger partial charge in [0.2, 0.25) is 0 Å². The second-order valence-electron chi connectivity index (χ2n) is 7.15. The fourth-order valence-corrected chi connectivity index (χ4v) is 4.22. The number of nitrogens with one attached hydrogen (secondary N) is 1. The van der Waals surface area contributed by atoms with E-state index in [0.29, 0.717) is 0 Å². The minimum Gasteiger partial charge on any atom is -0.412 e. The minimum absolute atomic E-state index is 0. The summed E-state index contributed by atoms with van der Waals surface area (Å²) in [6.07, 6.45) is 2.59. The van der Waals surface area contributed by atoms with Gasteiger partial charge in [0.15, 0.2) is 0 Å². The highest BCUT2D eigenvalue weighted by molar-refractivity contribution is 9.10. The van der Waals surface area contributed by atoms with E-state index in [9.17, 15) is 0 Å². The molecule has 3 aromatic carbocycles. The number of aryl methyl sites for hydroxylation is 2. The van der Waals surface area contributed by atoms with E-state index in [-0.39, 0.29) is 11.0 Å². The summed E-state index contributed by atoms with van der Waals surface area (Å²) in [5.41, 5.74) is 9.88. The molecule has 29 heavy (non-hydrogen) atoms. The van der Waals surface area contributed by atoms with Crippen molar-refractivity contribution in [3.05, 3.63) is 81.6 Å². The van der Waals surface area contributed by atoms with Gasteiger partial charge in [0.25, 0.3) is 0 Å². The second kappa shape index (κ2) is 7.91. The van der Waals surface area contributed by atoms with Gasteiger partial charge in [0.1, 0.15) is 12.1 Å². The zero-order chi connectivity index (χ0) is 18.5. The van der Waals surface area contributed by atoms with E-state index in [2.05, 4.69) is 93.6 Å². The van der Waals surface area contributed by atoms with Crippen LogP contribution in [0.15, 0.2) is 59.3 Å². The molecule has 0 bridgehead atoms. The molecule has 6 heteroatoms. The van der Waals surface area contributed by atoms with Crippen molar-refractivity contribution in [1.82, 2.24) is 9.97 Å². The maximum Gasteiger partial charge on any atom is 0.141 e. The quantitative estimate of drug-likeness (QED) is 0.421. The number of anilines is 2. The number of hydrogen-bond donors (Lipinski definition) is 1. The number of aromatic nitrogens is 2. The summed E-state index contributed by atoms with van der Waals surface area (Å²) < 4.78 is 1.13. The molecule has 0 fully saturated rings. The lowest BCUT2D eigenvalue weighted by Gasteiger charge is -2.11. The van der Waals surface area contributed by atoms with Gasteiger partial charge in [-0.15, -0.1) is 0 Å². The van der Waals surface area contributed by atoms with Crippen LogP contribution in [-0.2, 0) is 6.42 Å². The van der Waals surface area contributed by atoms with E-state index in [0.717, 1.165) is 33.3 Å². The summed E-state index contributed by atoms with van der Waals surface area (Å²) in [5.74, 6) is 0.848. The Morgan fingerprint density at radius 3 is 2.31 bits per heavy atom. The van der Waals surface area contributed by atoms with Gasteiger partial charge in [-0.2, -0.15) is 0 Å². The maximum absolute atomic E-state index is 4.49. The SMILES string of the molecule is Cc1cc2ncnc(Nc3ccc4c(c3)Cc3cc(Br)ccc3-4)c2cc1C.O.O. The fraction of sp³-hybridized carbons (Fsp3) is 0.130. The van der Waals surface area contributed by atoms with Crippen LogP contribution in [-0.4, -0.2) is 20.9 Å². The van der Waals surface area contributed by atoms with Gasteiger partial charge in [0.05, 0.1) is 5.52 Å². The first-order chi connectivity index (χ1) is 13.1. The molecule has 4 aromatic rings. The van der Waals surface area contributed by atoms with E-state index < -0.39 is 0 Å². The molecule has 5 rings (SSSR count). The standard InChI is InChI=1S/C23H18BrN3.2H2O/c1-13-7-21-22(8-14(13)2)25-12-26-23(21)27-18-4-6-20-16(11-18)9-15-10-17(24)3-5-19(15)20;;/h3-8,10-12H,9H2,1-2H3,(H,25,26,27);2*1H2. The molecule has 0 saturated carbocycles. The van der Waals surface area contributed by atoms with Gasteiger partial charge in [-0.25, -0.2) is 9.97 Å². The van der Waals surface area contributed by atoms with Crippen molar-refractivity contribution in [1.29, 1.82) is 0 Å². The molecule has 0 radical (unpaired) electrons. The number of benzene rings is 3. The zero-order valence-corrected chi connectivity index (χ0v) is 17.8. The van der Waals surface area contributed by atoms with Crippen molar-refractivity contribution in [3.8, 4) is 11.1 Å². The van der Waals surface area contributed by atoms with E-state index in [1.807, 2.05) is 0 Å². The molecule has 1 heterocycles. The van der Waals surface area contributed by atoms with Crippen LogP contribution in [0.25, 0.3) is 22.0 Å². The number of rotatable bonds is 2. The van der Waals surface area contributed by atoms with Crippen molar-refractivity contribution < 1.29 is 11.0 Å². The minimum atomic E-state index is 0. The molecular formula is C23H22BrN3O2. The fourth-order valence-electron chi connectivity index (χ4n) is 3.81. The highest BCUT2D eigenvalue weighted by Gasteiger charge is 2.19. The highest BCUT2D eigenvalue weighted by Crippen LogP contribution is 2.39. The third kappa shape index (κ3) is 3.62. The normalized spacial score (nSPS) is 11.3. The molecular weight excluding hydrogens is 430 g/mol. The Hall–Kier alpha value is -2.80. The molecule has 0 amide bonds. The molecule has 0 saturated heterocycles. The summed E-state index contributed by atoms with van der Waals surface area (Å²) in [4.78, 5) is 8.91. The van der Waals surface area contributed by atoms with Crippen LogP contribution in [0.3, 0.4) is 0 Å². The van der Waals surface area contributed by atoms with Crippen LogP contribution in [0.2, 0.25) is 0 Å². The Kier molecular flexibility index (Phi) is 5.71. The molecule has 148 valence electrons. The second-order valence-corrected chi connectivity index (χ2v) is 8.07. The predicted molar refractivity (Wildman–Crippen MR) is 122 cm³/mol. The van der Waals surface area contributed by atoms with Crippen LogP contribution in [0.1, 0.15) is 22.3 Å². The summed E-state index contributed by atoms with van der Waals surface area (Å²) >= 11 is 3.58. The molecule has 1 aromatic heterocycles. The Labute approximate surface area is 177 Å². The molecule has 0 spiro atoms. The number of nitrogens with zero attached hydrogens (tertiary/aromatic N) is 2. The first kappa shape index (κ1) is 20.9. The maximum atomic E-state index is 4.49. The van der Waals surface area contributed by atoms with Gasteiger partial charge < -0.3 is 16.3 Å². The molecule has 0 atom stereocenters. The summed E-state index contributed by atoms with van der Waals surface area (Å²) in [5, 5.41) is 4.55. The Morgan fingerprint density at radius 1 is 0.828 bits per heavy atom. The molecule has 1 aliphatic carbocycles. The zero-order valence-electron chi connectivity index (χ0n) is 16.2. The average Bonchev–Trinajstić information content (AvgIpc) is 3.00. The van der Waals surface area contributed by atoms with Gasteiger partial charge >= 0.3 is 0 Å². The van der Waals surface area contributed by atoms with Gasteiger partial charge in [0, 0.05) is 15.5 Å². The lowest BCUT2D eigenvalue weighted by molar-refractivity contribution is 0.823. The molecule has 5 N–H and O–H groups in total. The average molecular weight is 452 g/mol. The van der Waals surface area contributed by atoms with Crippen LogP contribution in [0.4, 0.5) is 11.5 Å². The van der Waals surface area contributed by atoms with Crippen molar-refractivity contribution in [2.24, 2.45) is 0 Å². The number of hydrogen-bond acceptors (Lipinski definition) is 3. The highest BCUT2D eigenvalue weighted by atomic mass is 79.9. The molecule has 1 aliphatic rings. The smallest absolute Gasteiger partial charge is 0.141 e. The van der Waals surface area contributed by atoms with Crippen molar-refractivity contribution >= 4 is 38.3 Å². The van der Waals surface area contributed by atoms with Crippen LogP contribution >= 0.6 is 15.9 Å².